The second-order valence-corrected chi connectivity index (χ2v) is 9.39. The summed E-state index contributed by atoms with van der Waals surface area (Å²) in [5.74, 6) is -0.666. The lowest BCUT2D eigenvalue weighted by atomic mass is 10.0. The maximum Gasteiger partial charge on any atom is 0.416 e. The minimum Gasteiger partial charge on any atom is -0.484 e. The van der Waals surface area contributed by atoms with Gasteiger partial charge >= 0.3 is 6.18 Å². The van der Waals surface area contributed by atoms with Gasteiger partial charge in [0.05, 0.1) is 22.3 Å². The van der Waals surface area contributed by atoms with Crippen molar-refractivity contribution in [2.75, 3.05) is 0 Å². The maximum atomic E-state index is 13.5. The van der Waals surface area contributed by atoms with E-state index in [1.165, 1.54) is 25.1 Å². The van der Waals surface area contributed by atoms with Gasteiger partial charge in [0.2, 0.25) is 5.28 Å². The Labute approximate surface area is 217 Å². The van der Waals surface area contributed by atoms with Gasteiger partial charge in [0, 0.05) is 23.4 Å². The van der Waals surface area contributed by atoms with Crippen LogP contribution in [0.25, 0.3) is 27.3 Å². The molecular weight excluding hydrogens is 527 g/mol. The molecule has 7 nitrogen and oxygen atoms in total. The number of carbonyl (C=O) groups excluding carboxylic acids is 1. The fourth-order valence-electron chi connectivity index (χ4n) is 3.95. The van der Waals surface area contributed by atoms with Crippen LogP contribution in [0.1, 0.15) is 33.8 Å². The van der Waals surface area contributed by atoms with Gasteiger partial charge in [0.25, 0.3) is 5.91 Å². The third kappa shape index (κ3) is 4.87. The molecule has 5 aromatic rings. The largest absolute Gasteiger partial charge is 0.484 e. The molecule has 0 fully saturated rings. The number of nitrogens with zero attached hydrogens (tertiary/aromatic N) is 4. The number of hydrogen-bond acceptors (Lipinski definition) is 6. The summed E-state index contributed by atoms with van der Waals surface area (Å²) in [7, 11) is 0. The molecule has 2 N–H and O–H groups in total. The van der Waals surface area contributed by atoms with Gasteiger partial charge in [-0.15, -0.1) is 11.3 Å². The number of fused-ring (bicyclic) bond motifs is 1. The Bertz CT molecular complexity index is 1630. The van der Waals surface area contributed by atoms with Crippen molar-refractivity contribution in [1.82, 2.24) is 19.5 Å². The highest BCUT2D eigenvalue weighted by molar-refractivity contribution is 7.16. The zero-order valence-electron chi connectivity index (χ0n) is 19.0. The van der Waals surface area contributed by atoms with Crippen LogP contribution in [-0.4, -0.2) is 25.4 Å². The molecule has 0 bridgehead atoms. The molecule has 0 aliphatic carbocycles. The van der Waals surface area contributed by atoms with E-state index in [0.717, 1.165) is 28.5 Å². The van der Waals surface area contributed by atoms with E-state index in [4.69, 9.17) is 22.1 Å². The van der Waals surface area contributed by atoms with Crippen molar-refractivity contribution < 1.29 is 22.7 Å². The number of amides is 1. The first-order valence-electron chi connectivity index (χ1n) is 10.8. The van der Waals surface area contributed by atoms with Crippen molar-refractivity contribution >= 4 is 39.9 Å². The second kappa shape index (κ2) is 9.49. The molecule has 0 spiro atoms. The van der Waals surface area contributed by atoms with E-state index in [1.54, 1.807) is 29.2 Å². The summed E-state index contributed by atoms with van der Waals surface area (Å²) in [6, 6.07) is 13.9. The number of halogens is 4. The molecule has 2 aromatic carbocycles. The Morgan fingerprint density at radius 1 is 1.14 bits per heavy atom. The molecule has 0 aliphatic rings. The van der Waals surface area contributed by atoms with E-state index < -0.39 is 23.8 Å². The Hall–Kier alpha value is -3.96. The van der Waals surface area contributed by atoms with Crippen molar-refractivity contribution in [2.24, 2.45) is 5.73 Å². The molecule has 188 valence electrons. The quantitative estimate of drug-likeness (QED) is 0.248. The van der Waals surface area contributed by atoms with Gasteiger partial charge in [0.1, 0.15) is 28.1 Å². The summed E-state index contributed by atoms with van der Waals surface area (Å²) < 4.78 is 48.1. The van der Waals surface area contributed by atoms with Gasteiger partial charge in [-0.05, 0) is 42.8 Å². The van der Waals surface area contributed by atoms with E-state index in [9.17, 15) is 18.0 Å². The van der Waals surface area contributed by atoms with E-state index in [-0.39, 0.29) is 21.5 Å². The zero-order chi connectivity index (χ0) is 26.3. The van der Waals surface area contributed by atoms with Gasteiger partial charge in [-0.25, -0.2) is 15.0 Å². The van der Waals surface area contributed by atoms with Crippen molar-refractivity contribution in [3.8, 4) is 22.0 Å². The molecule has 3 heterocycles. The van der Waals surface area contributed by atoms with Crippen molar-refractivity contribution in [1.29, 1.82) is 0 Å². The highest BCUT2D eigenvalue weighted by atomic mass is 35.5. The van der Waals surface area contributed by atoms with Crippen molar-refractivity contribution in [2.45, 2.75) is 19.2 Å². The number of nitrogens with two attached hydrogens (primary N) is 1. The number of primary amides is 1. The van der Waals surface area contributed by atoms with Gasteiger partial charge < -0.3 is 10.5 Å². The number of imidazole rings is 1. The second-order valence-electron chi connectivity index (χ2n) is 8.02. The molecule has 0 saturated carbocycles. The van der Waals surface area contributed by atoms with E-state index in [0.29, 0.717) is 16.2 Å². The SMILES string of the molecule is C[C@@H](Oc1cc(-n2cnc3cc(-c4ccnc(Cl)n4)ccc32)sc1C(N)=O)c1ccccc1C(F)(F)F. The number of rotatable bonds is 6. The third-order valence-corrected chi connectivity index (χ3v) is 6.94. The first-order chi connectivity index (χ1) is 17.6. The number of aromatic nitrogens is 4. The van der Waals surface area contributed by atoms with Crippen LogP contribution >= 0.6 is 22.9 Å². The number of ether oxygens (including phenoxy) is 1. The van der Waals surface area contributed by atoms with Crippen LogP contribution in [0.5, 0.6) is 5.75 Å². The predicted molar refractivity (Wildman–Crippen MR) is 134 cm³/mol. The highest BCUT2D eigenvalue weighted by Crippen LogP contribution is 2.39. The molecular formula is C25H17ClF3N5O2S. The van der Waals surface area contributed by atoms with E-state index in [2.05, 4.69) is 15.0 Å². The summed E-state index contributed by atoms with van der Waals surface area (Å²) in [5.41, 5.74) is 7.50. The topological polar surface area (TPSA) is 95.9 Å². The van der Waals surface area contributed by atoms with E-state index >= 15 is 0 Å². The molecule has 0 unspecified atom stereocenters. The minimum atomic E-state index is -4.55. The molecule has 1 atom stereocenters. The molecule has 5 rings (SSSR count). The fourth-order valence-corrected chi connectivity index (χ4v) is 5.02. The Morgan fingerprint density at radius 2 is 1.92 bits per heavy atom. The Kier molecular flexibility index (Phi) is 6.34. The van der Waals surface area contributed by atoms with Crippen molar-refractivity contribution in [3.05, 3.63) is 88.4 Å². The van der Waals surface area contributed by atoms with Gasteiger partial charge in [-0.1, -0.05) is 24.3 Å². The summed E-state index contributed by atoms with van der Waals surface area (Å²) in [4.78, 5) is 24.8. The summed E-state index contributed by atoms with van der Waals surface area (Å²) in [5, 5.41) is 0.681. The van der Waals surface area contributed by atoms with Gasteiger partial charge in [0.15, 0.2) is 0 Å². The zero-order valence-corrected chi connectivity index (χ0v) is 20.6. The molecule has 37 heavy (non-hydrogen) atoms. The Morgan fingerprint density at radius 3 is 2.65 bits per heavy atom. The number of alkyl halides is 3. The first-order valence-corrected chi connectivity index (χ1v) is 12.0. The van der Waals surface area contributed by atoms with Gasteiger partial charge in [-0.3, -0.25) is 9.36 Å². The monoisotopic (exact) mass is 543 g/mol. The van der Waals surface area contributed by atoms with Crippen LogP contribution in [0.4, 0.5) is 13.2 Å². The third-order valence-electron chi connectivity index (χ3n) is 5.62. The molecule has 0 saturated heterocycles. The molecule has 0 aliphatic heterocycles. The van der Waals surface area contributed by atoms with Gasteiger partial charge in [-0.2, -0.15) is 13.2 Å². The highest BCUT2D eigenvalue weighted by Gasteiger charge is 2.35. The van der Waals surface area contributed by atoms with E-state index in [1.807, 2.05) is 18.2 Å². The number of thiophene rings is 1. The standard InChI is InChI=1S/C25H17ClF3N5O2S/c1-13(15-4-2-3-5-16(15)25(27,28)29)36-20-11-21(37-22(20)23(30)35)34-12-32-18-10-14(6-7-19(18)34)17-8-9-31-24(26)33-17/h2-13H,1H3,(H2,30,35)/t13-/m1/s1. The molecule has 3 aromatic heterocycles. The summed E-state index contributed by atoms with van der Waals surface area (Å²) in [6.07, 6.45) is -2.42. The lowest BCUT2D eigenvalue weighted by molar-refractivity contribution is -0.138. The minimum absolute atomic E-state index is 0.0522. The van der Waals surface area contributed by atoms with Crippen LogP contribution in [0, 0.1) is 0 Å². The van der Waals surface area contributed by atoms with Crippen LogP contribution in [0.3, 0.4) is 0 Å². The lowest BCUT2D eigenvalue weighted by Crippen LogP contribution is -2.15. The normalized spacial score (nSPS) is 12.6. The maximum absolute atomic E-state index is 13.5. The molecule has 0 radical (unpaired) electrons. The average molecular weight is 544 g/mol. The molecule has 1 amide bonds. The molecule has 12 heteroatoms. The number of carbonyl (C=O) groups is 1. The first kappa shape index (κ1) is 24.7. The van der Waals surface area contributed by atoms with Crippen LogP contribution < -0.4 is 10.5 Å². The Balaban J connectivity index is 1.50. The van der Waals surface area contributed by atoms with Crippen LogP contribution in [0.2, 0.25) is 5.28 Å². The number of benzene rings is 2. The predicted octanol–water partition coefficient (Wildman–Crippen LogP) is 6.46. The van der Waals surface area contributed by atoms with Crippen molar-refractivity contribution in [3.63, 3.8) is 0 Å². The van der Waals surface area contributed by atoms with Crippen LogP contribution in [0.15, 0.2) is 67.1 Å². The fraction of sp³-hybridized carbons (Fsp3) is 0.120. The summed E-state index contributed by atoms with van der Waals surface area (Å²) in [6.45, 7) is 1.49. The summed E-state index contributed by atoms with van der Waals surface area (Å²) >= 11 is 6.95. The lowest BCUT2D eigenvalue weighted by Gasteiger charge is -2.19. The average Bonchev–Trinajstić information content (AvgIpc) is 3.47. The smallest absolute Gasteiger partial charge is 0.416 e. The number of hydrogen-bond donors (Lipinski definition) is 1. The van der Waals surface area contributed by atoms with Crippen LogP contribution in [-0.2, 0) is 6.18 Å².